The number of aldehydes is 1. The molecule has 7 nitrogen and oxygen atoms in total. The minimum Gasteiger partial charge on any atom is -0.457 e. The lowest BCUT2D eigenvalue weighted by atomic mass is 10.0. The number of nitrogens with two attached hydrogens (primary N) is 2. The Labute approximate surface area is 193 Å². The highest BCUT2D eigenvalue weighted by Crippen LogP contribution is 2.36. The summed E-state index contributed by atoms with van der Waals surface area (Å²) in [5, 5.41) is 8.18. The van der Waals surface area contributed by atoms with E-state index < -0.39 is 0 Å². The van der Waals surface area contributed by atoms with E-state index >= 15 is 0 Å². The molecule has 1 unspecified atom stereocenters. The second kappa shape index (κ2) is 10.0. The summed E-state index contributed by atoms with van der Waals surface area (Å²) in [6.07, 6.45) is 1.75. The SMILES string of the molecule is CN.Nc1ccc(C2CCNc3c(C=O)c(-c4ccc(Oc5ccccc5)cc4)nn32)cc1. The fourth-order valence-corrected chi connectivity index (χ4v) is 3.95. The highest BCUT2D eigenvalue weighted by molar-refractivity contribution is 5.92. The molecule has 5 N–H and O–H groups in total. The van der Waals surface area contributed by atoms with Gasteiger partial charge < -0.3 is 21.5 Å². The Kier molecular flexibility index (Phi) is 6.71. The number of aromatic nitrogens is 2. The topological polar surface area (TPSA) is 108 Å². The van der Waals surface area contributed by atoms with Gasteiger partial charge in [-0.3, -0.25) is 4.79 Å². The largest absolute Gasteiger partial charge is 0.457 e. The van der Waals surface area contributed by atoms with Crippen LogP contribution in [0.4, 0.5) is 11.5 Å². The third-order valence-corrected chi connectivity index (χ3v) is 5.50. The maximum atomic E-state index is 12.0. The van der Waals surface area contributed by atoms with Gasteiger partial charge in [-0.25, -0.2) is 4.68 Å². The van der Waals surface area contributed by atoms with Crippen molar-refractivity contribution in [3.8, 4) is 22.8 Å². The zero-order valence-electron chi connectivity index (χ0n) is 18.4. The fraction of sp³-hybridized carbons (Fsp3) is 0.154. The highest BCUT2D eigenvalue weighted by Gasteiger charge is 2.28. The van der Waals surface area contributed by atoms with Crippen LogP contribution in [0.2, 0.25) is 0 Å². The monoisotopic (exact) mass is 441 g/mol. The number of fused-ring (bicyclic) bond motifs is 1. The number of benzene rings is 3. The minimum atomic E-state index is 0.0463. The van der Waals surface area contributed by atoms with E-state index in [2.05, 4.69) is 11.1 Å². The number of para-hydroxylation sites is 1. The molecule has 1 aliphatic heterocycles. The van der Waals surface area contributed by atoms with Crippen LogP contribution >= 0.6 is 0 Å². The summed E-state index contributed by atoms with van der Waals surface area (Å²) in [4.78, 5) is 12.0. The highest BCUT2D eigenvalue weighted by atomic mass is 16.5. The van der Waals surface area contributed by atoms with Crippen LogP contribution in [-0.2, 0) is 0 Å². The summed E-state index contributed by atoms with van der Waals surface area (Å²) in [6.45, 7) is 0.769. The summed E-state index contributed by atoms with van der Waals surface area (Å²) in [7, 11) is 1.50. The number of hydrogen-bond donors (Lipinski definition) is 3. The zero-order valence-corrected chi connectivity index (χ0v) is 18.4. The Morgan fingerprint density at radius 3 is 2.30 bits per heavy atom. The van der Waals surface area contributed by atoms with Gasteiger partial charge in [0.25, 0.3) is 0 Å². The first-order valence-corrected chi connectivity index (χ1v) is 10.8. The van der Waals surface area contributed by atoms with Crippen molar-refractivity contribution in [1.82, 2.24) is 9.78 Å². The normalized spacial score (nSPS) is 14.3. The van der Waals surface area contributed by atoms with E-state index in [0.717, 1.165) is 53.4 Å². The molecule has 0 aliphatic carbocycles. The molecule has 3 aromatic carbocycles. The van der Waals surface area contributed by atoms with Gasteiger partial charge >= 0.3 is 0 Å². The summed E-state index contributed by atoms with van der Waals surface area (Å²) in [5.41, 5.74) is 14.3. The number of nitrogens with one attached hydrogen (secondary N) is 1. The average molecular weight is 442 g/mol. The molecule has 168 valence electrons. The predicted octanol–water partition coefficient (Wildman–Crippen LogP) is 4.72. The molecule has 2 heterocycles. The van der Waals surface area contributed by atoms with Crippen molar-refractivity contribution in [3.63, 3.8) is 0 Å². The molecular formula is C26H27N5O2. The first kappa shape index (κ1) is 22.1. The average Bonchev–Trinajstić information content (AvgIpc) is 3.26. The van der Waals surface area contributed by atoms with Gasteiger partial charge in [0.2, 0.25) is 0 Å². The van der Waals surface area contributed by atoms with Crippen molar-refractivity contribution in [3.05, 3.63) is 90.0 Å². The van der Waals surface area contributed by atoms with Gasteiger partial charge in [0.05, 0.1) is 11.6 Å². The Morgan fingerprint density at radius 1 is 0.970 bits per heavy atom. The molecule has 7 heteroatoms. The molecule has 0 fully saturated rings. The van der Waals surface area contributed by atoms with Gasteiger partial charge in [-0.2, -0.15) is 5.10 Å². The summed E-state index contributed by atoms with van der Waals surface area (Å²) < 4.78 is 7.79. The lowest BCUT2D eigenvalue weighted by molar-refractivity contribution is 0.112. The molecule has 0 saturated carbocycles. The molecule has 4 aromatic rings. The van der Waals surface area contributed by atoms with Crippen LogP contribution in [-0.4, -0.2) is 29.7 Å². The number of hydrogen-bond acceptors (Lipinski definition) is 6. The minimum absolute atomic E-state index is 0.0463. The number of nitrogens with zero attached hydrogens (tertiary/aromatic N) is 2. The van der Waals surface area contributed by atoms with Crippen LogP contribution in [0.25, 0.3) is 11.3 Å². The molecular weight excluding hydrogens is 414 g/mol. The van der Waals surface area contributed by atoms with E-state index in [0.29, 0.717) is 11.3 Å². The first-order valence-electron chi connectivity index (χ1n) is 10.8. The van der Waals surface area contributed by atoms with E-state index in [4.69, 9.17) is 15.6 Å². The quantitative estimate of drug-likeness (QED) is 0.306. The molecule has 0 amide bonds. The number of carbonyl (C=O) groups excluding carboxylic acids is 1. The second-order valence-electron chi connectivity index (χ2n) is 7.51. The fourth-order valence-electron chi connectivity index (χ4n) is 3.95. The van der Waals surface area contributed by atoms with Crippen molar-refractivity contribution in [1.29, 1.82) is 0 Å². The van der Waals surface area contributed by atoms with E-state index in [9.17, 15) is 4.79 Å². The molecule has 1 aromatic heterocycles. The molecule has 5 rings (SSSR count). The number of rotatable bonds is 5. The van der Waals surface area contributed by atoms with Crippen molar-refractivity contribution in [2.24, 2.45) is 5.73 Å². The number of ether oxygens (including phenoxy) is 1. The molecule has 0 saturated heterocycles. The molecule has 0 bridgehead atoms. The number of anilines is 2. The second-order valence-corrected chi connectivity index (χ2v) is 7.51. The van der Waals surface area contributed by atoms with Crippen molar-refractivity contribution >= 4 is 17.8 Å². The Morgan fingerprint density at radius 2 is 1.64 bits per heavy atom. The van der Waals surface area contributed by atoms with Crippen molar-refractivity contribution in [2.75, 3.05) is 24.6 Å². The van der Waals surface area contributed by atoms with Crippen LogP contribution in [0, 0.1) is 0 Å². The molecule has 1 atom stereocenters. The van der Waals surface area contributed by atoms with Gasteiger partial charge in [0, 0.05) is 17.8 Å². The van der Waals surface area contributed by atoms with Crippen LogP contribution in [0.15, 0.2) is 78.9 Å². The van der Waals surface area contributed by atoms with E-state index in [1.807, 2.05) is 83.5 Å². The van der Waals surface area contributed by atoms with Crippen molar-refractivity contribution < 1.29 is 9.53 Å². The molecule has 33 heavy (non-hydrogen) atoms. The van der Waals surface area contributed by atoms with Crippen molar-refractivity contribution in [2.45, 2.75) is 12.5 Å². The lowest BCUT2D eigenvalue weighted by Gasteiger charge is -2.26. The van der Waals surface area contributed by atoms with E-state index in [1.54, 1.807) is 0 Å². The Hall–Kier alpha value is -4.10. The summed E-state index contributed by atoms with van der Waals surface area (Å²) in [5.74, 6) is 2.25. The third kappa shape index (κ3) is 4.58. The Bertz CT molecular complexity index is 1200. The molecule has 1 aliphatic rings. The van der Waals surface area contributed by atoms with Crippen LogP contribution in [0.5, 0.6) is 11.5 Å². The summed E-state index contributed by atoms with van der Waals surface area (Å²) >= 11 is 0. The zero-order chi connectivity index (χ0) is 23.2. The van der Waals surface area contributed by atoms with Gasteiger partial charge in [-0.05, 0) is 67.6 Å². The van der Waals surface area contributed by atoms with Crippen LogP contribution in [0.3, 0.4) is 0 Å². The van der Waals surface area contributed by atoms with Gasteiger partial charge in [-0.1, -0.05) is 30.3 Å². The maximum absolute atomic E-state index is 12.0. The van der Waals surface area contributed by atoms with E-state index in [1.165, 1.54) is 7.05 Å². The predicted molar refractivity (Wildman–Crippen MR) is 132 cm³/mol. The smallest absolute Gasteiger partial charge is 0.156 e. The summed E-state index contributed by atoms with van der Waals surface area (Å²) in [6, 6.07) is 25.1. The van der Waals surface area contributed by atoms with Crippen LogP contribution in [0.1, 0.15) is 28.4 Å². The first-order chi connectivity index (χ1) is 16.2. The number of nitrogen functional groups attached to an aromatic ring is 1. The van der Waals surface area contributed by atoms with Crippen LogP contribution < -0.4 is 21.5 Å². The third-order valence-electron chi connectivity index (χ3n) is 5.50. The standard InChI is InChI=1S/C25H22N4O2.CH5N/c26-19-10-6-17(7-11-19)23-14-15-27-25-22(16-30)24(28-29(23)25)18-8-12-21(13-9-18)31-20-4-2-1-3-5-20;1-2/h1-13,16,23,27H,14-15,26H2;2H2,1H3. The Balaban J connectivity index is 0.00000126. The molecule has 0 spiro atoms. The molecule has 0 radical (unpaired) electrons. The number of carbonyl (C=O) groups is 1. The van der Waals surface area contributed by atoms with E-state index in [-0.39, 0.29) is 6.04 Å². The lowest BCUT2D eigenvalue weighted by Crippen LogP contribution is -2.24. The van der Waals surface area contributed by atoms with Gasteiger partial charge in [0.15, 0.2) is 6.29 Å². The van der Waals surface area contributed by atoms with Gasteiger partial charge in [-0.15, -0.1) is 0 Å². The van der Waals surface area contributed by atoms with Gasteiger partial charge in [0.1, 0.15) is 23.0 Å². The maximum Gasteiger partial charge on any atom is 0.156 e.